The summed E-state index contributed by atoms with van der Waals surface area (Å²) in [5.41, 5.74) is 0. The molecule has 0 N–H and O–H groups in total. The minimum absolute atomic E-state index is 0.133. The van der Waals surface area contributed by atoms with Gasteiger partial charge < -0.3 is 14.2 Å². The molecular weight excluding hydrogens is 210 g/mol. The summed E-state index contributed by atoms with van der Waals surface area (Å²) < 4.78 is 15.0. The van der Waals surface area contributed by atoms with Crippen molar-refractivity contribution in [3.05, 3.63) is 12.7 Å². The van der Waals surface area contributed by atoms with Crippen LogP contribution in [0.1, 0.15) is 13.8 Å². The highest BCUT2D eigenvalue weighted by Crippen LogP contribution is 2.06. The van der Waals surface area contributed by atoms with E-state index in [0.717, 1.165) is 0 Å². The molecule has 1 unspecified atom stereocenters. The van der Waals surface area contributed by atoms with Crippen LogP contribution in [0.5, 0.6) is 0 Å². The Balaban J connectivity index is 4.53. The van der Waals surface area contributed by atoms with Gasteiger partial charge in [-0.3, -0.25) is 4.90 Å². The minimum atomic E-state index is -0.466. The molecule has 0 saturated carbocycles. The van der Waals surface area contributed by atoms with Crippen LogP contribution in [0, 0.1) is 0 Å². The fourth-order valence-electron chi connectivity index (χ4n) is 1.15. The first-order chi connectivity index (χ1) is 7.60. The van der Waals surface area contributed by atoms with Crippen molar-refractivity contribution in [1.82, 2.24) is 4.90 Å². The molecule has 0 rings (SSSR count). The van der Waals surface area contributed by atoms with Crippen molar-refractivity contribution in [2.45, 2.75) is 26.2 Å². The quantitative estimate of drug-likeness (QED) is 0.493. The van der Waals surface area contributed by atoms with E-state index >= 15 is 0 Å². The van der Waals surface area contributed by atoms with E-state index in [2.05, 4.69) is 6.58 Å². The maximum atomic E-state index is 11.7. The van der Waals surface area contributed by atoms with Crippen molar-refractivity contribution in [2.24, 2.45) is 0 Å². The molecule has 0 aromatic carbocycles. The van der Waals surface area contributed by atoms with E-state index in [1.807, 2.05) is 6.92 Å². The van der Waals surface area contributed by atoms with Crippen LogP contribution in [-0.2, 0) is 14.2 Å². The van der Waals surface area contributed by atoms with Crippen LogP contribution in [0.25, 0.3) is 0 Å². The SMILES string of the molecule is C=CC(C)N(CC(OC)OC)C(=O)OCC. The van der Waals surface area contributed by atoms with Gasteiger partial charge in [-0.25, -0.2) is 4.79 Å². The molecule has 0 fully saturated rings. The van der Waals surface area contributed by atoms with Crippen LogP contribution in [0.4, 0.5) is 4.79 Å². The number of nitrogens with zero attached hydrogens (tertiary/aromatic N) is 1. The first-order valence-corrected chi connectivity index (χ1v) is 5.22. The topological polar surface area (TPSA) is 48.0 Å². The third-order valence-electron chi connectivity index (χ3n) is 2.21. The number of amides is 1. The predicted octanol–water partition coefficient (Wildman–Crippen LogP) is 1.64. The van der Waals surface area contributed by atoms with Gasteiger partial charge in [0.15, 0.2) is 6.29 Å². The van der Waals surface area contributed by atoms with Crippen LogP contribution < -0.4 is 0 Å². The summed E-state index contributed by atoms with van der Waals surface area (Å²) in [6.45, 7) is 7.91. The van der Waals surface area contributed by atoms with E-state index in [1.54, 1.807) is 13.0 Å². The second-order valence-corrected chi connectivity index (χ2v) is 3.23. The van der Waals surface area contributed by atoms with Crippen molar-refractivity contribution in [2.75, 3.05) is 27.4 Å². The molecule has 5 nitrogen and oxygen atoms in total. The third-order valence-corrected chi connectivity index (χ3v) is 2.21. The normalized spacial score (nSPS) is 12.3. The highest BCUT2D eigenvalue weighted by molar-refractivity contribution is 5.68. The van der Waals surface area contributed by atoms with Crippen molar-refractivity contribution in [3.63, 3.8) is 0 Å². The standard InChI is InChI=1S/C11H21NO4/c1-6-9(3)12(11(13)16-7-2)8-10(14-4)15-5/h6,9-10H,1,7-8H2,2-5H3. The Morgan fingerprint density at radius 3 is 2.38 bits per heavy atom. The summed E-state index contributed by atoms with van der Waals surface area (Å²) in [4.78, 5) is 13.2. The molecule has 0 aliphatic rings. The van der Waals surface area contributed by atoms with Crippen LogP contribution in [0.3, 0.4) is 0 Å². The molecule has 0 aliphatic heterocycles. The Labute approximate surface area is 97.0 Å². The van der Waals surface area contributed by atoms with Gasteiger partial charge in [0.2, 0.25) is 0 Å². The molecular formula is C11H21NO4. The lowest BCUT2D eigenvalue weighted by atomic mass is 10.3. The zero-order valence-electron chi connectivity index (χ0n) is 10.4. The molecule has 1 atom stereocenters. The predicted molar refractivity (Wildman–Crippen MR) is 61.2 cm³/mol. The lowest BCUT2D eigenvalue weighted by Crippen LogP contribution is -2.43. The molecule has 16 heavy (non-hydrogen) atoms. The molecule has 0 aliphatic carbocycles. The van der Waals surface area contributed by atoms with Gasteiger partial charge in [-0.1, -0.05) is 6.08 Å². The van der Waals surface area contributed by atoms with Crippen molar-refractivity contribution >= 4 is 6.09 Å². The molecule has 5 heteroatoms. The summed E-state index contributed by atoms with van der Waals surface area (Å²) in [6, 6.07) is -0.133. The van der Waals surface area contributed by atoms with Crippen LogP contribution in [0.15, 0.2) is 12.7 Å². The molecule has 0 spiro atoms. The van der Waals surface area contributed by atoms with Gasteiger partial charge in [-0.2, -0.15) is 0 Å². The van der Waals surface area contributed by atoms with Gasteiger partial charge in [0, 0.05) is 14.2 Å². The van der Waals surface area contributed by atoms with E-state index in [9.17, 15) is 4.79 Å². The molecule has 1 amide bonds. The number of carbonyl (C=O) groups is 1. The zero-order chi connectivity index (χ0) is 12.6. The van der Waals surface area contributed by atoms with Crippen LogP contribution in [0.2, 0.25) is 0 Å². The largest absolute Gasteiger partial charge is 0.450 e. The lowest BCUT2D eigenvalue weighted by molar-refractivity contribution is -0.115. The van der Waals surface area contributed by atoms with Crippen molar-refractivity contribution < 1.29 is 19.0 Å². The Morgan fingerprint density at radius 1 is 1.44 bits per heavy atom. The van der Waals surface area contributed by atoms with E-state index in [0.29, 0.717) is 13.2 Å². The number of hydrogen-bond acceptors (Lipinski definition) is 4. The van der Waals surface area contributed by atoms with Gasteiger partial charge in [0.05, 0.1) is 19.2 Å². The van der Waals surface area contributed by atoms with Gasteiger partial charge in [0.1, 0.15) is 0 Å². The molecule has 0 heterocycles. The van der Waals surface area contributed by atoms with E-state index < -0.39 is 12.4 Å². The average Bonchev–Trinajstić information content (AvgIpc) is 2.30. The maximum absolute atomic E-state index is 11.7. The fourth-order valence-corrected chi connectivity index (χ4v) is 1.15. The molecule has 0 aromatic rings. The Kier molecular flexibility index (Phi) is 7.58. The number of carbonyl (C=O) groups excluding carboxylic acids is 1. The summed E-state index contributed by atoms with van der Waals surface area (Å²) >= 11 is 0. The summed E-state index contributed by atoms with van der Waals surface area (Å²) in [5.74, 6) is 0. The van der Waals surface area contributed by atoms with Crippen molar-refractivity contribution in [1.29, 1.82) is 0 Å². The maximum Gasteiger partial charge on any atom is 0.410 e. The monoisotopic (exact) mass is 231 g/mol. The molecule has 0 bridgehead atoms. The molecule has 0 aromatic heterocycles. The van der Waals surface area contributed by atoms with E-state index in [1.165, 1.54) is 19.1 Å². The second-order valence-electron chi connectivity index (χ2n) is 3.23. The first-order valence-electron chi connectivity index (χ1n) is 5.22. The number of methoxy groups -OCH3 is 2. The summed E-state index contributed by atoms with van der Waals surface area (Å²) in [6.07, 6.45) is 0.806. The third kappa shape index (κ3) is 4.63. The van der Waals surface area contributed by atoms with Gasteiger partial charge in [-0.15, -0.1) is 6.58 Å². The lowest BCUT2D eigenvalue weighted by Gasteiger charge is -2.28. The van der Waals surface area contributed by atoms with Crippen molar-refractivity contribution in [3.8, 4) is 0 Å². The Hall–Kier alpha value is -1.07. The van der Waals surface area contributed by atoms with Gasteiger partial charge >= 0.3 is 6.09 Å². The minimum Gasteiger partial charge on any atom is -0.450 e. The molecule has 0 radical (unpaired) electrons. The fraction of sp³-hybridized carbons (Fsp3) is 0.727. The van der Waals surface area contributed by atoms with E-state index in [-0.39, 0.29) is 6.04 Å². The number of ether oxygens (including phenoxy) is 3. The number of hydrogen-bond donors (Lipinski definition) is 0. The molecule has 94 valence electrons. The molecule has 0 saturated heterocycles. The smallest absolute Gasteiger partial charge is 0.410 e. The Morgan fingerprint density at radius 2 is 2.00 bits per heavy atom. The first kappa shape index (κ1) is 14.9. The highest BCUT2D eigenvalue weighted by Gasteiger charge is 2.22. The van der Waals surface area contributed by atoms with Crippen LogP contribution in [-0.4, -0.2) is 50.7 Å². The second kappa shape index (κ2) is 8.13. The summed E-state index contributed by atoms with van der Waals surface area (Å²) in [5, 5.41) is 0. The van der Waals surface area contributed by atoms with E-state index in [4.69, 9.17) is 14.2 Å². The zero-order valence-corrected chi connectivity index (χ0v) is 10.4. The average molecular weight is 231 g/mol. The van der Waals surface area contributed by atoms with Gasteiger partial charge in [0.25, 0.3) is 0 Å². The Bertz CT molecular complexity index is 216. The number of rotatable bonds is 7. The van der Waals surface area contributed by atoms with Crippen LogP contribution >= 0.6 is 0 Å². The summed E-state index contributed by atoms with van der Waals surface area (Å²) in [7, 11) is 3.05. The van der Waals surface area contributed by atoms with Gasteiger partial charge in [-0.05, 0) is 13.8 Å². The highest BCUT2D eigenvalue weighted by atomic mass is 16.7.